The van der Waals surface area contributed by atoms with Gasteiger partial charge in [0.05, 0.1) is 13.0 Å². The van der Waals surface area contributed by atoms with Crippen molar-refractivity contribution >= 4 is 11.6 Å². The third-order valence-electron chi connectivity index (χ3n) is 3.23. The molecule has 0 unspecified atom stereocenters. The number of rotatable bonds is 6. The molecule has 5 heteroatoms. The molecular formula is C17H15FO4. The van der Waals surface area contributed by atoms with Crippen molar-refractivity contribution in [2.75, 3.05) is 6.61 Å². The maximum atomic E-state index is 13.1. The summed E-state index contributed by atoms with van der Waals surface area (Å²) in [7, 11) is 0. The Morgan fingerprint density at radius 3 is 2.18 bits per heavy atom. The van der Waals surface area contributed by atoms with Crippen molar-refractivity contribution < 1.29 is 24.2 Å². The molecule has 2 N–H and O–H groups in total. The van der Waals surface area contributed by atoms with Crippen LogP contribution in [0.1, 0.15) is 38.8 Å². The highest BCUT2D eigenvalue weighted by Crippen LogP contribution is 2.16. The monoisotopic (exact) mass is 302 g/mol. The second kappa shape index (κ2) is 7.06. The van der Waals surface area contributed by atoms with Gasteiger partial charge in [-0.25, -0.2) is 4.39 Å². The smallest absolute Gasteiger partial charge is 0.170 e. The van der Waals surface area contributed by atoms with Gasteiger partial charge < -0.3 is 10.2 Å². The number of ketones is 2. The summed E-state index contributed by atoms with van der Waals surface area (Å²) in [5, 5.41) is 18.5. The quantitative estimate of drug-likeness (QED) is 0.634. The highest BCUT2D eigenvalue weighted by Gasteiger charge is 2.15. The Kier molecular flexibility index (Phi) is 5.14. The second-order valence-electron chi connectivity index (χ2n) is 4.86. The van der Waals surface area contributed by atoms with Crippen LogP contribution in [0.5, 0.6) is 0 Å². The van der Waals surface area contributed by atoms with Gasteiger partial charge in [-0.15, -0.1) is 0 Å². The van der Waals surface area contributed by atoms with Gasteiger partial charge in [0.1, 0.15) is 11.9 Å². The van der Waals surface area contributed by atoms with E-state index in [2.05, 4.69) is 0 Å². The van der Waals surface area contributed by atoms with Gasteiger partial charge in [0, 0.05) is 11.1 Å². The molecule has 22 heavy (non-hydrogen) atoms. The fraction of sp³-hybridized carbons (Fsp3) is 0.176. The van der Waals surface area contributed by atoms with Gasteiger partial charge in [-0.2, -0.15) is 0 Å². The first-order chi connectivity index (χ1) is 10.5. The zero-order valence-electron chi connectivity index (χ0n) is 11.7. The number of benzene rings is 2. The van der Waals surface area contributed by atoms with Crippen LogP contribution in [0.4, 0.5) is 4.39 Å². The fourth-order valence-electron chi connectivity index (χ4n) is 2.04. The number of hydrogen-bond donors (Lipinski definition) is 2. The molecule has 0 aliphatic heterocycles. The van der Waals surface area contributed by atoms with Crippen molar-refractivity contribution in [3.63, 3.8) is 0 Å². The van der Waals surface area contributed by atoms with Crippen LogP contribution in [0.3, 0.4) is 0 Å². The van der Waals surface area contributed by atoms with Crippen LogP contribution in [0.15, 0.2) is 48.5 Å². The summed E-state index contributed by atoms with van der Waals surface area (Å²) < 4.78 is 13.1. The molecule has 0 fully saturated rings. The van der Waals surface area contributed by atoms with Crippen molar-refractivity contribution in [2.24, 2.45) is 0 Å². The van der Waals surface area contributed by atoms with Crippen LogP contribution >= 0.6 is 0 Å². The minimum atomic E-state index is -1.08. The Morgan fingerprint density at radius 1 is 1.00 bits per heavy atom. The maximum Gasteiger partial charge on any atom is 0.170 e. The van der Waals surface area contributed by atoms with Crippen LogP contribution in [-0.4, -0.2) is 28.4 Å². The molecule has 1 atom stereocenters. The molecule has 0 aliphatic carbocycles. The molecule has 0 aromatic heterocycles. The minimum absolute atomic E-state index is 0.139. The lowest BCUT2D eigenvalue weighted by atomic mass is 9.99. The van der Waals surface area contributed by atoms with E-state index in [4.69, 9.17) is 5.11 Å². The lowest BCUT2D eigenvalue weighted by molar-refractivity contribution is 0.0891. The minimum Gasteiger partial charge on any atom is -0.393 e. The van der Waals surface area contributed by atoms with E-state index < -0.39 is 30.1 Å². The molecule has 4 nitrogen and oxygen atoms in total. The molecule has 0 radical (unpaired) electrons. The highest BCUT2D eigenvalue weighted by atomic mass is 19.1. The molecule has 0 heterocycles. The predicted octanol–water partition coefficient (Wildman–Crippen LogP) is 2.31. The number of carbonyl (C=O) groups excluding carboxylic acids is 2. The summed E-state index contributed by atoms with van der Waals surface area (Å²) in [4.78, 5) is 24.1. The molecule has 2 aromatic carbocycles. The maximum absolute atomic E-state index is 13.1. The Morgan fingerprint density at radius 2 is 1.59 bits per heavy atom. The van der Waals surface area contributed by atoms with Crippen molar-refractivity contribution in [1.82, 2.24) is 0 Å². The van der Waals surface area contributed by atoms with Crippen LogP contribution in [-0.2, 0) is 0 Å². The SMILES string of the molecule is O=C(CC(=O)c1cccc([C@@H](O)CO)c1)c1cccc(F)c1. The third-order valence-corrected chi connectivity index (χ3v) is 3.23. The van der Waals surface area contributed by atoms with Gasteiger partial charge in [-0.05, 0) is 23.8 Å². The average molecular weight is 302 g/mol. The number of aliphatic hydroxyl groups is 2. The van der Waals surface area contributed by atoms with E-state index in [9.17, 15) is 19.1 Å². The van der Waals surface area contributed by atoms with E-state index in [0.29, 0.717) is 5.56 Å². The summed E-state index contributed by atoms with van der Waals surface area (Å²) in [5.74, 6) is -1.44. The lowest BCUT2D eigenvalue weighted by Gasteiger charge is -2.09. The molecule has 0 amide bonds. The summed E-state index contributed by atoms with van der Waals surface area (Å²) in [6.45, 7) is -0.458. The lowest BCUT2D eigenvalue weighted by Crippen LogP contribution is -2.10. The summed E-state index contributed by atoms with van der Waals surface area (Å²) in [5.41, 5.74) is 0.793. The normalized spacial score (nSPS) is 12.0. The Labute approximate surface area is 126 Å². The number of Topliss-reactive ketones (excluding diaryl/α,β-unsaturated/α-hetero) is 2. The van der Waals surface area contributed by atoms with E-state index in [1.807, 2.05) is 0 Å². The number of carbonyl (C=O) groups is 2. The van der Waals surface area contributed by atoms with Gasteiger partial charge in [0.2, 0.25) is 0 Å². The van der Waals surface area contributed by atoms with Crippen molar-refractivity contribution in [3.8, 4) is 0 Å². The van der Waals surface area contributed by atoms with E-state index in [-0.39, 0.29) is 17.5 Å². The Bertz CT molecular complexity index is 697. The number of hydrogen-bond acceptors (Lipinski definition) is 4. The first-order valence-electron chi connectivity index (χ1n) is 6.72. The second-order valence-corrected chi connectivity index (χ2v) is 4.86. The van der Waals surface area contributed by atoms with Crippen LogP contribution in [0.25, 0.3) is 0 Å². The zero-order valence-corrected chi connectivity index (χ0v) is 11.7. The molecular weight excluding hydrogens is 287 g/mol. The van der Waals surface area contributed by atoms with Gasteiger partial charge >= 0.3 is 0 Å². The standard InChI is InChI=1S/C17H15FO4/c18-14-6-2-5-13(8-14)16(21)9-15(20)11-3-1-4-12(7-11)17(22)10-19/h1-8,17,19,22H,9-10H2/t17-/m0/s1. The van der Waals surface area contributed by atoms with Gasteiger partial charge in [0.15, 0.2) is 11.6 Å². The van der Waals surface area contributed by atoms with Gasteiger partial charge in [0.25, 0.3) is 0 Å². The van der Waals surface area contributed by atoms with E-state index >= 15 is 0 Å². The molecule has 2 rings (SSSR count). The molecule has 114 valence electrons. The Balaban J connectivity index is 2.14. The van der Waals surface area contributed by atoms with Crippen molar-refractivity contribution in [1.29, 1.82) is 0 Å². The number of aliphatic hydroxyl groups excluding tert-OH is 2. The van der Waals surface area contributed by atoms with Crippen molar-refractivity contribution in [3.05, 3.63) is 71.0 Å². The fourth-order valence-corrected chi connectivity index (χ4v) is 2.04. The van der Waals surface area contributed by atoms with Gasteiger partial charge in [-0.1, -0.05) is 30.3 Å². The molecule has 0 spiro atoms. The summed E-state index contributed by atoms with van der Waals surface area (Å²) in [6, 6.07) is 11.3. The molecule has 0 saturated heterocycles. The highest BCUT2D eigenvalue weighted by molar-refractivity contribution is 6.13. The first-order valence-corrected chi connectivity index (χ1v) is 6.72. The molecule has 2 aromatic rings. The van der Waals surface area contributed by atoms with Gasteiger partial charge in [-0.3, -0.25) is 9.59 Å². The van der Waals surface area contributed by atoms with Crippen LogP contribution < -0.4 is 0 Å². The van der Waals surface area contributed by atoms with E-state index in [1.54, 1.807) is 12.1 Å². The topological polar surface area (TPSA) is 74.6 Å². The van der Waals surface area contributed by atoms with E-state index in [1.165, 1.54) is 30.3 Å². The number of halogens is 1. The predicted molar refractivity (Wildman–Crippen MR) is 78.2 cm³/mol. The molecule has 0 bridgehead atoms. The third kappa shape index (κ3) is 3.84. The average Bonchev–Trinajstić information content (AvgIpc) is 2.54. The van der Waals surface area contributed by atoms with Crippen LogP contribution in [0, 0.1) is 5.82 Å². The zero-order chi connectivity index (χ0) is 16.1. The molecule has 0 saturated carbocycles. The molecule has 0 aliphatic rings. The van der Waals surface area contributed by atoms with Crippen LogP contribution in [0.2, 0.25) is 0 Å². The first kappa shape index (κ1) is 16.0. The summed E-state index contributed by atoms with van der Waals surface area (Å²) in [6.07, 6.45) is -1.46. The Hall–Kier alpha value is -2.37. The van der Waals surface area contributed by atoms with Crippen molar-refractivity contribution in [2.45, 2.75) is 12.5 Å². The van der Waals surface area contributed by atoms with E-state index in [0.717, 1.165) is 6.07 Å². The summed E-state index contributed by atoms with van der Waals surface area (Å²) >= 11 is 0. The largest absolute Gasteiger partial charge is 0.393 e.